The predicted molar refractivity (Wildman–Crippen MR) is 56.5 cm³/mol. The fourth-order valence-electron chi connectivity index (χ4n) is 1.38. The molecule has 0 aromatic heterocycles. The maximum atomic E-state index is 11.2. The van der Waals surface area contributed by atoms with Crippen molar-refractivity contribution in [3.8, 4) is 0 Å². The standard InChI is InChI=1S/C10H16N2O5/c1-7-9(15)12(10(7)16)6-11-3-2-8(14)17-5-4-13/h7,11,13H,2-6H2,1H3. The molecule has 0 aliphatic carbocycles. The molecular weight excluding hydrogens is 228 g/mol. The van der Waals surface area contributed by atoms with Crippen LogP contribution in [0.3, 0.4) is 0 Å². The Kier molecular flexibility index (Phi) is 5.05. The van der Waals surface area contributed by atoms with Crippen LogP contribution in [0.1, 0.15) is 13.3 Å². The summed E-state index contributed by atoms with van der Waals surface area (Å²) in [5, 5.41) is 11.2. The van der Waals surface area contributed by atoms with Crippen molar-refractivity contribution in [3.05, 3.63) is 0 Å². The number of ether oxygens (including phenoxy) is 1. The lowest BCUT2D eigenvalue weighted by Gasteiger charge is -2.33. The third kappa shape index (κ3) is 3.50. The van der Waals surface area contributed by atoms with Crippen LogP contribution in [0.5, 0.6) is 0 Å². The predicted octanol–water partition coefficient (Wildman–Crippen LogP) is -1.54. The molecule has 2 N–H and O–H groups in total. The average molecular weight is 244 g/mol. The minimum absolute atomic E-state index is 0.0144. The smallest absolute Gasteiger partial charge is 0.307 e. The van der Waals surface area contributed by atoms with Crippen LogP contribution >= 0.6 is 0 Å². The number of aliphatic hydroxyl groups is 1. The number of amides is 2. The summed E-state index contributed by atoms with van der Waals surface area (Å²) in [7, 11) is 0. The molecule has 0 aromatic carbocycles. The van der Waals surface area contributed by atoms with Gasteiger partial charge in [0.15, 0.2) is 0 Å². The van der Waals surface area contributed by atoms with Gasteiger partial charge in [-0.15, -0.1) is 0 Å². The highest BCUT2D eigenvalue weighted by Gasteiger charge is 2.42. The summed E-state index contributed by atoms with van der Waals surface area (Å²) in [4.78, 5) is 34.5. The van der Waals surface area contributed by atoms with E-state index in [0.29, 0.717) is 6.54 Å². The van der Waals surface area contributed by atoms with E-state index in [4.69, 9.17) is 5.11 Å². The number of carbonyl (C=O) groups is 3. The third-order valence-electron chi connectivity index (χ3n) is 2.40. The molecule has 1 heterocycles. The van der Waals surface area contributed by atoms with Crippen molar-refractivity contribution < 1.29 is 24.2 Å². The average Bonchev–Trinajstić information content (AvgIpc) is 2.34. The summed E-state index contributed by atoms with van der Waals surface area (Å²) in [6.07, 6.45) is 0.131. The summed E-state index contributed by atoms with van der Waals surface area (Å²) in [5.74, 6) is -1.37. The molecule has 0 saturated carbocycles. The fourth-order valence-corrected chi connectivity index (χ4v) is 1.38. The Morgan fingerprint density at radius 1 is 1.47 bits per heavy atom. The van der Waals surface area contributed by atoms with Crippen molar-refractivity contribution in [2.45, 2.75) is 13.3 Å². The van der Waals surface area contributed by atoms with E-state index in [1.54, 1.807) is 6.92 Å². The highest BCUT2D eigenvalue weighted by atomic mass is 16.5. The molecule has 2 amide bonds. The van der Waals surface area contributed by atoms with Gasteiger partial charge in [0.05, 0.1) is 19.7 Å². The second kappa shape index (κ2) is 6.31. The van der Waals surface area contributed by atoms with Crippen molar-refractivity contribution in [2.24, 2.45) is 5.92 Å². The summed E-state index contributed by atoms with van der Waals surface area (Å²) in [6.45, 7) is 1.78. The topological polar surface area (TPSA) is 95.9 Å². The van der Waals surface area contributed by atoms with Crippen LogP contribution < -0.4 is 5.32 Å². The number of rotatable bonds is 7. The van der Waals surface area contributed by atoms with E-state index in [1.165, 1.54) is 0 Å². The first-order valence-electron chi connectivity index (χ1n) is 5.40. The molecule has 0 atom stereocenters. The largest absolute Gasteiger partial charge is 0.463 e. The number of nitrogens with one attached hydrogen (secondary N) is 1. The van der Waals surface area contributed by atoms with Crippen molar-refractivity contribution in [3.63, 3.8) is 0 Å². The van der Waals surface area contributed by atoms with Gasteiger partial charge < -0.3 is 9.84 Å². The van der Waals surface area contributed by atoms with Crippen molar-refractivity contribution in [1.82, 2.24) is 10.2 Å². The van der Waals surface area contributed by atoms with Gasteiger partial charge in [-0.1, -0.05) is 0 Å². The Bertz CT molecular complexity index is 302. The van der Waals surface area contributed by atoms with Crippen LogP contribution in [0.15, 0.2) is 0 Å². The maximum Gasteiger partial charge on any atom is 0.307 e. The normalized spacial score (nSPS) is 16.0. The number of aliphatic hydroxyl groups excluding tert-OH is 1. The summed E-state index contributed by atoms with van der Waals surface area (Å²) in [6, 6.07) is 0. The number of nitrogens with zero attached hydrogens (tertiary/aromatic N) is 1. The van der Waals surface area contributed by atoms with E-state index in [9.17, 15) is 14.4 Å². The molecule has 1 fully saturated rings. The first kappa shape index (κ1) is 13.6. The molecule has 0 aromatic rings. The quantitative estimate of drug-likeness (QED) is 0.244. The monoisotopic (exact) mass is 244 g/mol. The molecule has 1 rings (SSSR count). The first-order chi connectivity index (χ1) is 8.07. The number of β-lactam (4-membered cyclic amide) rings is 2. The van der Waals surface area contributed by atoms with E-state index in [0.717, 1.165) is 4.90 Å². The first-order valence-corrected chi connectivity index (χ1v) is 5.40. The van der Waals surface area contributed by atoms with E-state index >= 15 is 0 Å². The van der Waals surface area contributed by atoms with Gasteiger partial charge in [-0.2, -0.15) is 0 Å². The molecule has 1 saturated heterocycles. The lowest BCUT2D eigenvalue weighted by Crippen LogP contribution is -2.59. The van der Waals surface area contributed by atoms with Crippen LogP contribution in [0, 0.1) is 5.92 Å². The molecule has 1 aliphatic heterocycles. The summed E-state index contributed by atoms with van der Waals surface area (Å²) in [5.41, 5.74) is 0. The van der Waals surface area contributed by atoms with Gasteiger partial charge in [-0.3, -0.25) is 24.6 Å². The number of hydrogen-bond acceptors (Lipinski definition) is 6. The second-order valence-electron chi connectivity index (χ2n) is 3.68. The molecule has 1 aliphatic rings. The molecule has 0 unspecified atom stereocenters. The number of hydrogen-bond donors (Lipinski definition) is 2. The second-order valence-corrected chi connectivity index (χ2v) is 3.68. The highest BCUT2D eigenvalue weighted by Crippen LogP contribution is 2.17. The van der Waals surface area contributed by atoms with Crippen LogP contribution in [0.25, 0.3) is 0 Å². The van der Waals surface area contributed by atoms with Crippen LogP contribution in [0.2, 0.25) is 0 Å². The van der Waals surface area contributed by atoms with Crippen LogP contribution in [-0.4, -0.2) is 54.2 Å². The van der Waals surface area contributed by atoms with Crippen LogP contribution in [-0.2, 0) is 19.1 Å². The minimum atomic E-state index is -0.536. The van der Waals surface area contributed by atoms with E-state index < -0.39 is 11.9 Å². The molecule has 17 heavy (non-hydrogen) atoms. The minimum Gasteiger partial charge on any atom is -0.463 e. The third-order valence-corrected chi connectivity index (χ3v) is 2.40. The Morgan fingerprint density at radius 2 is 2.12 bits per heavy atom. The van der Waals surface area contributed by atoms with Crippen molar-refractivity contribution >= 4 is 17.8 Å². The summed E-state index contributed by atoms with van der Waals surface area (Å²) < 4.78 is 4.62. The van der Waals surface area contributed by atoms with Gasteiger partial charge in [0.25, 0.3) is 0 Å². The summed E-state index contributed by atoms with van der Waals surface area (Å²) >= 11 is 0. The van der Waals surface area contributed by atoms with E-state index in [2.05, 4.69) is 10.1 Å². The Labute approximate surface area is 98.7 Å². The lowest BCUT2D eigenvalue weighted by molar-refractivity contribution is -0.165. The van der Waals surface area contributed by atoms with Gasteiger partial charge in [-0.25, -0.2) is 0 Å². The molecule has 96 valence electrons. The molecular formula is C10H16N2O5. The van der Waals surface area contributed by atoms with Gasteiger partial charge in [0.1, 0.15) is 12.5 Å². The van der Waals surface area contributed by atoms with E-state index in [-0.39, 0.29) is 38.1 Å². The number of imide groups is 1. The van der Waals surface area contributed by atoms with Crippen LogP contribution in [0.4, 0.5) is 0 Å². The number of carbonyl (C=O) groups excluding carboxylic acids is 3. The Balaban J connectivity index is 2.07. The lowest BCUT2D eigenvalue weighted by atomic mass is 10.0. The molecule has 0 bridgehead atoms. The Hall–Kier alpha value is -1.47. The van der Waals surface area contributed by atoms with Gasteiger partial charge in [0.2, 0.25) is 11.8 Å². The fraction of sp³-hybridized carbons (Fsp3) is 0.700. The number of esters is 1. The highest BCUT2D eigenvalue weighted by molar-refractivity contribution is 6.17. The number of likely N-dealkylation sites (tertiary alicyclic amines) is 1. The SMILES string of the molecule is CC1C(=O)N(CNCCC(=O)OCCO)C1=O. The van der Waals surface area contributed by atoms with Gasteiger partial charge >= 0.3 is 5.97 Å². The zero-order valence-corrected chi connectivity index (χ0v) is 9.64. The molecule has 7 nitrogen and oxygen atoms in total. The molecule has 0 radical (unpaired) electrons. The van der Waals surface area contributed by atoms with Crippen molar-refractivity contribution in [1.29, 1.82) is 0 Å². The Morgan fingerprint density at radius 3 is 2.71 bits per heavy atom. The molecule has 7 heteroatoms. The molecule has 0 spiro atoms. The van der Waals surface area contributed by atoms with Gasteiger partial charge in [-0.05, 0) is 6.92 Å². The zero-order valence-electron chi connectivity index (χ0n) is 9.64. The van der Waals surface area contributed by atoms with Gasteiger partial charge in [0, 0.05) is 6.54 Å². The zero-order chi connectivity index (χ0) is 12.8. The van der Waals surface area contributed by atoms with Crippen molar-refractivity contribution in [2.75, 3.05) is 26.4 Å². The van der Waals surface area contributed by atoms with E-state index in [1.807, 2.05) is 0 Å². The maximum absolute atomic E-state index is 11.2.